The maximum absolute atomic E-state index is 12.1. The van der Waals surface area contributed by atoms with Gasteiger partial charge in [-0.15, -0.1) is 11.3 Å². The Labute approximate surface area is 118 Å². The molecule has 0 aliphatic rings. The Kier molecular flexibility index (Phi) is 7.25. The van der Waals surface area contributed by atoms with Crippen molar-refractivity contribution < 1.29 is 8.42 Å². The summed E-state index contributed by atoms with van der Waals surface area (Å²) in [6.07, 6.45) is 2.87. The minimum absolute atomic E-state index is 0.414. The van der Waals surface area contributed by atoms with Crippen LogP contribution in [-0.4, -0.2) is 33.5 Å². The van der Waals surface area contributed by atoms with Crippen molar-refractivity contribution in [3.8, 4) is 0 Å². The van der Waals surface area contributed by atoms with Crippen LogP contribution in [0.2, 0.25) is 0 Å². The van der Waals surface area contributed by atoms with Crippen LogP contribution in [0.1, 0.15) is 18.2 Å². The zero-order valence-corrected chi connectivity index (χ0v) is 13.2. The summed E-state index contributed by atoms with van der Waals surface area (Å²) in [5.41, 5.74) is 0. The topological polar surface area (TPSA) is 58.2 Å². The highest BCUT2D eigenvalue weighted by molar-refractivity contribution is 7.98. The summed E-state index contributed by atoms with van der Waals surface area (Å²) in [5.74, 6) is 0.969. The average Bonchev–Trinajstić information content (AvgIpc) is 2.81. The van der Waals surface area contributed by atoms with Crippen molar-refractivity contribution in [3.05, 3.63) is 16.3 Å². The van der Waals surface area contributed by atoms with Crippen molar-refractivity contribution in [2.24, 2.45) is 0 Å². The number of sulfonamides is 1. The molecule has 2 N–H and O–H groups in total. The van der Waals surface area contributed by atoms with Gasteiger partial charge in [0.1, 0.15) is 0 Å². The molecular formula is C11H20N2O2S3. The van der Waals surface area contributed by atoms with Gasteiger partial charge in [-0.3, -0.25) is 0 Å². The van der Waals surface area contributed by atoms with Gasteiger partial charge in [0.25, 0.3) is 0 Å². The first kappa shape index (κ1) is 16.0. The van der Waals surface area contributed by atoms with Gasteiger partial charge < -0.3 is 5.32 Å². The first-order valence-electron chi connectivity index (χ1n) is 5.87. The zero-order valence-electron chi connectivity index (χ0n) is 10.7. The predicted octanol–water partition coefficient (Wildman–Crippen LogP) is 1.89. The first-order chi connectivity index (χ1) is 8.61. The van der Waals surface area contributed by atoms with Crippen molar-refractivity contribution in [3.63, 3.8) is 0 Å². The molecule has 0 bridgehead atoms. The number of nitrogens with one attached hydrogen (secondary N) is 2. The summed E-state index contributed by atoms with van der Waals surface area (Å²) >= 11 is 3.20. The molecule has 0 saturated heterocycles. The Morgan fingerprint density at radius 2 is 2.22 bits per heavy atom. The van der Waals surface area contributed by atoms with E-state index in [9.17, 15) is 8.42 Å². The molecule has 7 heteroatoms. The molecule has 0 amide bonds. The van der Waals surface area contributed by atoms with E-state index >= 15 is 0 Å². The molecule has 1 aromatic heterocycles. The molecule has 104 valence electrons. The predicted molar refractivity (Wildman–Crippen MR) is 79.9 cm³/mol. The Bertz CT molecular complexity index is 443. The normalized spacial score (nSPS) is 11.9. The molecule has 0 aliphatic carbocycles. The molecular weight excluding hydrogens is 288 g/mol. The van der Waals surface area contributed by atoms with E-state index in [0.29, 0.717) is 18.0 Å². The molecule has 0 fully saturated rings. The van der Waals surface area contributed by atoms with Crippen LogP contribution in [0.15, 0.2) is 16.3 Å². The molecule has 1 rings (SSSR count). The van der Waals surface area contributed by atoms with E-state index in [-0.39, 0.29) is 0 Å². The van der Waals surface area contributed by atoms with Gasteiger partial charge in [0.05, 0.1) is 4.90 Å². The van der Waals surface area contributed by atoms with Gasteiger partial charge >= 0.3 is 0 Å². The number of rotatable bonds is 9. The molecule has 0 atom stereocenters. The lowest BCUT2D eigenvalue weighted by molar-refractivity contribution is 0.579. The first-order valence-corrected chi connectivity index (χ1v) is 9.63. The third kappa shape index (κ3) is 4.89. The van der Waals surface area contributed by atoms with Gasteiger partial charge in [-0.25, -0.2) is 13.1 Å². The number of thioether (sulfide) groups is 1. The van der Waals surface area contributed by atoms with Crippen LogP contribution in [-0.2, 0) is 16.6 Å². The molecule has 18 heavy (non-hydrogen) atoms. The summed E-state index contributed by atoms with van der Waals surface area (Å²) in [4.78, 5) is 1.28. The van der Waals surface area contributed by atoms with Crippen molar-refractivity contribution in [1.82, 2.24) is 10.0 Å². The molecule has 0 radical (unpaired) electrons. The summed E-state index contributed by atoms with van der Waals surface area (Å²) in [5, 5.41) is 4.98. The van der Waals surface area contributed by atoms with Crippen molar-refractivity contribution in [2.75, 3.05) is 25.1 Å². The van der Waals surface area contributed by atoms with Crippen LogP contribution in [0.5, 0.6) is 0 Å². The average molecular weight is 308 g/mol. The van der Waals surface area contributed by atoms with Gasteiger partial charge in [0, 0.05) is 18.0 Å². The molecule has 1 aromatic rings. The standard InChI is InChI=1S/C11H20N2O2S3/c1-3-12-9-10-11(5-8-17-10)18(14,15)13-6-4-7-16-2/h5,8,12-13H,3-4,6-7,9H2,1-2H3. The summed E-state index contributed by atoms with van der Waals surface area (Å²) in [7, 11) is -3.35. The fourth-order valence-electron chi connectivity index (χ4n) is 1.44. The van der Waals surface area contributed by atoms with E-state index in [1.165, 1.54) is 11.3 Å². The van der Waals surface area contributed by atoms with E-state index in [4.69, 9.17) is 0 Å². The van der Waals surface area contributed by atoms with Gasteiger partial charge in [0.2, 0.25) is 10.0 Å². The Morgan fingerprint density at radius 3 is 2.89 bits per heavy atom. The van der Waals surface area contributed by atoms with Crippen LogP contribution in [0.3, 0.4) is 0 Å². The van der Waals surface area contributed by atoms with E-state index < -0.39 is 10.0 Å². The molecule has 0 saturated carbocycles. The van der Waals surface area contributed by atoms with Gasteiger partial charge in [-0.1, -0.05) is 6.92 Å². The Hall–Kier alpha value is -0.0800. The minimum Gasteiger partial charge on any atom is -0.312 e. The van der Waals surface area contributed by atoms with Crippen LogP contribution in [0, 0.1) is 0 Å². The third-order valence-corrected chi connectivity index (χ3v) is 5.64. The zero-order chi connectivity index (χ0) is 13.4. The smallest absolute Gasteiger partial charge is 0.241 e. The molecule has 0 spiro atoms. The fraction of sp³-hybridized carbons (Fsp3) is 0.636. The molecule has 1 heterocycles. The SMILES string of the molecule is CCNCc1sccc1S(=O)(=O)NCCCSC. The van der Waals surface area contributed by atoms with Crippen molar-refractivity contribution in [2.45, 2.75) is 24.8 Å². The lowest BCUT2D eigenvalue weighted by atomic mass is 10.4. The minimum atomic E-state index is -3.35. The second-order valence-corrected chi connectivity index (χ2v) is 7.45. The molecule has 0 aromatic carbocycles. The lowest BCUT2D eigenvalue weighted by Gasteiger charge is -2.07. The maximum atomic E-state index is 12.1. The number of hydrogen-bond acceptors (Lipinski definition) is 5. The van der Waals surface area contributed by atoms with Crippen LogP contribution in [0.25, 0.3) is 0 Å². The molecule has 0 unspecified atom stereocenters. The quantitative estimate of drug-likeness (QED) is 0.684. The van der Waals surface area contributed by atoms with E-state index in [2.05, 4.69) is 10.0 Å². The van der Waals surface area contributed by atoms with Crippen molar-refractivity contribution in [1.29, 1.82) is 0 Å². The van der Waals surface area contributed by atoms with E-state index in [0.717, 1.165) is 23.6 Å². The summed E-state index contributed by atoms with van der Waals surface area (Å²) < 4.78 is 26.9. The second-order valence-electron chi connectivity index (χ2n) is 3.73. The van der Waals surface area contributed by atoms with Gasteiger partial charge in [-0.05, 0) is 36.4 Å². The van der Waals surface area contributed by atoms with Crippen LogP contribution in [0.4, 0.5) is 0 Å². The molecule has 0 aliphatic heterocycles. The Morgan fingerprint density at radius 1 is 1.44 bits per heavy atom. The highest BCUT2D eigenvalue weighted by Gasteiger charge is 2.18. The monoisotopic (exact) mass is 308 g/mol. The largest absolute Gasteiger partial charge is 0.312 e. The second kappa shape index (κ2) is 8.16. The Balaban J connectivity index is 2.63. The highest BCUT2D eigenvalue weighted by Crippen LogP contribution is 2.21. The van der Waals surface area contributed by atoms with Crippen molar-refractivity contribution >= 4 is 33.1 Å². The maximum Gasteiger partial charge on any atom is 0.241 e. The lowest BCUT2D eigenvalue weighted by Crippen LogP contribution is -2.26. The van der Waals surface area contributed by atoms with E-state index in [1.54, 1.807) is 17.8 Å². The third-order valence-electron chi connectivity index (χ3n) is 2.35. The number of hydrogen-bond donors (Lipinski definition) is 2. The van der Waals surface area contributed by atoms with Gasteiger partial charge in [0.15, 0.2) is 0 Å². The summed E-state index contributed by atoms with van der Waals surface area (Å²) in [6.45, 7) is 3.94. The van der Waals surface area contributed by atoms with E-state index in [1.807, 2.05) is 18.6 Å². The van der Waals surface area contributed by atoms with Crippen LogP contribution < -0.4 is 10.0 Å². The fourth-order valence-corrected chi connectivity index (χ4v) is 4.35. The number of thiophene rings is 1. The highest BCUT2D eigenvalue weighted by atomic mass is 32.2. The summed E-state index contributed by atoms with van der Waals surface area (Å²) in [6, 6.07) is 1.67. The van der Waals surface area contributed by atoms with Gasteiger partial charge in [-0.2, -0.15) is 11.8 Å². The van der Waals surface area contributed by atoms with Crippen LogP contribution >= 0.6 is 23.1 Å². The molecule has 4 nitrogen and oxygen atoms in total.